The second-order valence-corrected chi connectivity index (χ2v) is 7.82. The first-order chi connectivity index (χ1) is 14.1. The van der Waals surface area contributed by atoms with Gasteiger partial charge in [0.25, 0.3) is 5.56 Å². The van der Waals surface area contributed by atoms with Crippen LogP contribution < -0.4 is 39.0 Å². The SMILES string of the molecule is O=C([O-])[C@@H]1CSc2c(-c3cccnc3)c(Cc3ccc4c(c3)OCO4)cc(=O)n21.[Li+]. The van der Waals surface area contributed by atoms with E-state index in [9.17, 15) is 14.7 Å². The third-order valence-corrected chi connectivity index (χ3v) is 6.19. The molecular weight excluding hydrogens is 399 g/mol. The van der Waals surface area contributed by atoms with E-state index in [1.807, 2.05) is 30.3 Å². The summed E-state index contributed by atoms with van der Waals surface area (Å²) >= 11 is 1.35. The Kier molecular flexibility index (Phi) is 5.65. The predicted molar refractivity (Wildman–Crippen MR) is 104 cm³/mol. The van der Waals surface area contributed by atoms with Crippen LogP contribution in [0, 0.1) is 0 Å². The smallest absolute Gasteiger partial charge is 0.548 e. The van der Waals surface area contributed by atoms with Crippen molar-refractivity contribution in [2.24, 2.45) is 0 Å². The fourth-order valence-corrected chi connectivity index (χ4v) is 5.07. The minimum absolute atomic E-state index is 0. The van der Waals surface area contributed by atoms with Gasteiger partial charge in [0, 0.05) is 35.3 Å². The molecule has 2 aliphatic rings. The molecule has 0 unspecified atom stereocenters. The molecule has 0 saturated heterocycles. The van der Waals surface area contributed by atoms with Crippen molar-refractivity contribution in [3.8, 4) is 22.6 Å². The number of benzene rings is 1. The van der Waals surface area contributed by atoms with E-state index < -0.39 is 12.0 Å². The predicted octanol–water partition coefficient (Wildman–Crippen LogP) is -1.37. The van der Waals surface area contributed by atoms with Gasteiger partial charge in [0.15, 0.2) is 11.5 Å². The number of aliphatic carboxylic acids is 1. The maximum Gasteiger partial charge on any atom is 1.00 e. The van der Waals surface area contributed by atoms with E-state index in [4.69, 9.17) is 9.47 Å². The monoisotopic (exact) mass is 414 g/mol. The van der Waals surface area contributed by atoms with Crippen LogP contribution in [0.1, 0.15) is 17.2 Å². The number of nitrogens with zero attached hydrogens (tertiary/aromatic N) is 2. The van der Waals surface area contributed by atoms with Crippen LogP contribution in [0.25, 0.3) is 11.1 Å². The average molecular weight is 414 g/mol. The molecule has 0 aliphatic carbocycles. The van der Waals surface area contributed by atoms with Crippen molar-refractivity contribution in [3.63, 3.8) is 0 Å². The molecule has 0 saturated carbocycles. The number of pyridine rings is 2. The summed E-state index contributed by atoms with van der Waals surface area (Å²) in [6.07, 6.45) is 3.88. The summed E-state index contributed by atoms with van der Waals surface area (Å²) in [5.74, 6) is 0.384. The Morgan fingerprint density at radius 1 is 1.23 bits per heavy atom. The maximum atomic E-state index is 12.8. The summed E-state index contributed by atoms with van der Waals surface area (Å²) in [5.41, 5.74) is 3.08. The fourth-order valence-electron chi connectivity index (χ4n) is 3.72. The second-order valence-electron chi connectivity index (χ2n) is 6.81. The van der Waals surface area contributed by atoms with Crippen LogP contribution >= 0.6 is 11.8 Å². The molecule has 2 aromatic heterocycles. The van der Waals surface area contributed by atoms with Crippen LogP contribution in [0.4, 0.5) is 0 Å². The van der Waals surface area contributed by atoms with Crippen molar-refractivity contribution in [1.82, 2.24) is 9.55 Å². The zero-order chi connectivity index (χ0) is 20.0. The minimum Gasteiger partial charge on any atom is -0.548 e. The number of carbonyl (C=O) groups excluding carboxylic acids is 1. The summed E-state index contributed by atoms with van der Waals surface area (Å²) in [4.78, 5) is 28.5. The van der Waals surface area contributed by atoms with Crippen LogP contribution in [0.3, 0.4) is 0 Å². The van der Waals surface area contributed by atoms with Crippen LogP contribution in [0.5, 0.6) is 11.5 Å². The van der Waals surface area contributed by atoms with Gasteiger partial charge in [0.2, 0.25) is 6.79 Å². The molecule has 1 aromatic carbocycles. The number of carboxylic acid groups (broad SMARTS) is 1. The fraction of sp³-hybridized carbons (Fsp3) is 0.190. The van der Waals surface area contributed by atoms with E-state index in [2.05, 4.69) is 4.98 Å². The second kappa shape index (κ2) is 8.23. The first-order valence-corrected chi connectivity index (χ1v) is 10.0. The van der Waals surface area contributed by atoms with Crippen molar-refractivity contribution in [1.29, 1.82) is 0 Å². The van der Waals surface area contributed by atoms with Gasteiger partial charge in [-0.15, -0.1) is 11.8 Å². The Morgan fingerprint density at radius 2 is 2.07 bits per heavy atom. The molecule has 0 bridgehead atoms. The third-order valence-electron chi connectivity index (χ3n) is 5.03. The molecule has 0 radical (unpaired) electrons. The molecule has 4 heterocycles. The van der Waals surface area contributed by atoms with Gasteiger partial charge in [-0.05, 0) is 35.7 Å². The number of carbonyl (C=O) groups is 1. The van der Waals surface area contributed by atoms with Crippen LogP contribution in [0.15, 0.2) is 58.6 Å². The van der Waals surface area contributed by atoms with Gasteiger partial charge >= 0.3 is 18.9 Å². The number of carboxylic acids is 1. The molecule has 0 amide bonds. The molecule has 0 fully saturated rings. The molecule has 9 heteroatoms. The van der Waals surface area contributed by atoms with Gasteiger partial charge in [-0.25, -0.2) is 0 Å². The molecule has 3 aromatic rings. The Bertz CT molecular complexity index is 1180. The van der Waals surface area contributed by atoms with Crippen LogP contribution in [-0.2, 0) is 11.2 Å². The first-order valence-electron chi connectivity index (χ1n) is 9.03. The van der Waals surface area contributed by atoms with Gasteiger partial charge in [0.05, 0.1) is 17.0 Å². The Labute approximate surface area is 188 Å². The van der Waals surface area contributed by atoms with E-state index >= 15 is 0 Å². The number of hydrogen-bond acceptors (Lipinski definition) is 7. The molecule has 0 spiro atoms. The summed E-state index contributed by atoms with van der Waals surface area (Å²) in [7, 11) is 0. The zero-order valence-electron chi connectivity index (χ0n) is 16.2. The van der Waals surface area contributed by atoms with Crippen molar-refractivity contribution < 1.29 is 38.2 Å². The van der Waals surface area contributed by atoms with Gasteiger partial charge in [-0.2, -0.15) is 0 Å². The van der Waals surface area contributed by atoms with Gasteiger partial charge in [-0.3, -0.25) is 14.3 Å². The Balaban J connectivity index is 0.00000218. The molecule has 30 heavy (non-hydrogen) atoms. The summed E-state index contributed by atoms with van der Waals surface area (Å²) < 4.78 is 12.1. The molecule has 0 N–H and O–H groups in total. The summed E-state index contributed by atoms with van der Waals surface area (Å²) in [6, 6.07) is 9.94. The number of thioether (sulfide) groups is 1. The number of aromatic nitrogens is 2. The quantitative estimate of drug-likeness (QED) is 0.487. The third kappa shape index (κ3) is 3.52. The molecule has 7 nitrogen and oxygen atoms in total. The number of ether oxygens (including phenoxy) is 2. The standard InChI is InChI=1S/C21H16N2O5S.Li/c24-18-8-14(6-12-3-4-16-17(7-12)28-11-27-16)19(13-2-1-5-22-9-13)20-23(18)15(10-29-20)21(25)26;/h1-5,7-9,15H,6,10-11H2,(H,25,26);/q;+1/p-1/t15-;/m0./s1. The average Bonchev–Trinajstić information content (AvgIpc) is 3.36. The van der Waals surface area contributed by atoms with Gasteiger partial charge in [-0.1, -0.05) is 12.1 Å². The van der Waals surface area contributed by atoms with Crippen molar-refractivity contribution in [3.05, 3.63) is 70.3 Å². The van der Waals surface area contributed by atoms with Gasteiger partial charge in [0.1, 0.15) is 0 Å². The maximum absolute atomic E-state index is 12.8. The summed E-state index contributed by atoms with van der Waals surface area (Å²) in [6.45, 7) is 0.196. The summed E-state index contributed by atoms with van der Waals surface area (Å²) in [5, 5.41) is 12.2. The molecule has 2 aliphatic heterocycles. The van der Waals surface area contributed by atoms with E-state index in [0.29, 0.717) is 22.9 Å². The molecule has 5 rings (SSSR count). The van der Waals surface area contributed by atoms with Crippen molar-refractivity contribution in [2.75, 3.05) is 12.5 Å². The largest absolute Gasteiger partial charge is 1.00 e. The van der Waals surface area contributed by atoms with E-state index in [0.717, 1.165) is 22.3 Å². The van der Waals surface area contributed by atoms with Crippen LogP contribution in [-0.4, -0.2) is 28.1 Å². The first kappa shape index (κ1) is 20.6. The zero-order valence-corrected chi connectivity index (χ0v) is 17.0. The Morgan fingerprint density at radius 3 is 2.83 bits per heavy atom. The Hall–Kier alpha value is -2.66. The van der Waals surface area contributed by atoms with Crippen molar-refractivity contribution >= 4 is 17.7 Å². The molecular formula is C21H15LiN2O5S. The van der Waals surface area contributed by atoms with E-state index in [1.165, 1.54) is 22.4 Å². The topological polar surface area (TPSA) is 93.5 Å². The van der Waals surface area contributed by atoms with Gasteiger partial charge < -0.3 is 19.4 Å². The normalized spacial score (nSPS) is 16.1. The van der Waals surface area contributed by atoms with Crippen LogP contribution in [0.2, 0.25) is 0 Å². The minimum atomic E-state index is -1.25. The van der Waals surface area contributed by atoms with Crippen molar-refractivity contribution in [2.45, 2.75) is 17.5 Å². The number of fused-ring (bicyclic) bond motifs is 2. The molecule has 146 valence electrons. The number of rotatable bonds is 4. The number of hydrogen-bond donors (Lipinski definition) is 0. The molecule has 1 atom stereocenters. The van der Waals surface area contributed by atoms with E-state index in [-0.39, 0.29) is 37.0 Å². The van der Waals surface area contributed by atoms with E-state index in [1.54, 1.807) is 12.4 Å².